The van der Waals surface area contributed by atoms with Crippen LogP contribution in [0.3, 0.4) is 0 Å². The highest BCUT2D eigenvalue weighted by Gasteiger charge is 2.44. The lowest BCUT2D eigenvalue weighted by Crippen LogP contribution is -2.68. The summed E-state index contributed by atoms with van der Waals surface area (Å²) in [6.07, 6.45) is 7.82. The Morgan fingerprint density at radius 3 is 2.57 bits per heavy atom. The van der Waals surface area contributed by atoms with Crippen LogP contribution in [0.25, 0.3) is 0 Å². The topological polar surface area (TPSA) is 33.7 Å². The quantitative estimate of drug-likeness (QED) is 0.698. The zero-order valence-corrected chi connectivity index (χ0v) is 14.2. The number of hydrogen-bond donors (Lipinski definition) is 1. The molecule has 0 amide bonds. The molecule has 2 rings (SSSR count). The molecule has 1 saturated carbocycles. The average molecular weight is 298 g/mol. The van der Waals surface area contributed by atoms with E-state index in [-0.39, 0.29) is 0 Å². The van der Waals surface area contributed by atoms with Crippen molar-refractivity contribution in [3.05, 3.63) is 0 Å². The van der Waals surface area contributed by atoms with Crippen molar-refractivity contribution in [2.45, 2.75) is 63.5 Å². The third-order valence-corrected chi connectivity index (χ3v) is 5.57. The van der Waals surface area contributed by atoms with Gasteiger partial charge in [-0.25, -0.2) is 0 Å². The van der Waals surface area contributed by atoms with Gasteiger partial charge in [0.05, 0.1) is 13.2 Å². The summed E-state index contributed by atoms with van der Waals surface area (Å²) in [5.41, 5.74) is 0.714. The van der Waals surface area contributed by atoms with Crippen molar-refractivity contribution in [2.75, 3.05) is 46.6 Å². The van der Waals surface area contributed by atoms with Crippen LogP contribution in [0.15, 0.2) is 0 Å². The van der Waals surface area contributed by atoms with Crippen LogP contribution in [0.5, 0.6) is 0 Å². The van der Waals surface area contributed by atoms with Crippen LogP contribution in [0.1, 0.15) is 52.4 Å². The summed E-state index contributed by atoms with van der Waals surface area (Å²) < 4.78 is 10.6. The highest BCUT2D eigenvalue weighted by Crippen LogP contribution is 2.36. The smallest absolute Gasteiger partial charge is 0.0700 e. The Bertz CT molecular complexity index is 305. The maximum atomic E-state index is 5.62. The van der Waals surface area contributed by atoms with E-state index in [1.807, 2.05) is 0 Å². The highest BCUT2D eigenvalue weighted by molar-refractivity contribution is 5.05. The Kier molecular flexibility index (Phi) is 6.48. The maximum Gasteiger partial charge on any atom is 0.0700 e. The molecule has 1 spiro atoms. The van der Waals surface area contributed by atoms with E-state index in [9.17, 15) is 0 Å². The first-order chi connectivity index (χ1) is 10.1. The molecule has 0 aromatic rings. The van der Waals surface area contributed by atoms with Crippen LogP contribution in [-0.4, -0.2) is 62.5 Å². The third-order valence-electron chi connectivity index (χ3n) is 5.57. The zero-order chi connectivity index (χ0) is 15.2. The van der Waals surface area contributed by atoms with E-state index < -0.39 is 0 Å². The molecule has 1 unspecified atom stereocenters. The lowest BCUT2D eigenvalue weighted by Gasteiger charge is -2.52. The Morgan fingerprint density at radius 2 is 1.90 bits per heavy atom. The number of piperazine rings is 1. The van der Waals surface area contributed by atoms with Crippen LogP contribution < -0.4 is 5.32 Å². The van der Waals surface area contributed by atoms with E-state index in [0.717, 1.165) is 26.1 Å². The van der Waals surface area contributed by atoms with Gasteiger partial charge in [-0.15, -0.1) is 0 Å². The Morgan fingerprint density at radius 1 is 1.14 bits per heavy atom. The summed E-state index contributed by atoms with van der Waals surface area (Å²) in [5.74, 6) is 0. The second-order valence-corrected chi connectivity index (χ2v) is 7.07. The van der Waals surface area contributed by atoms with Gasteiger partial charge in [0.15, 0.2) is 0 Å². The second kappa shape index (κ2) is 7.91. The zero-order valence-electron chi connectivity index (χ0n) is 14.2. The van der Waals surface area contributed by atoms with E-state index in [4.69, 9.17) is 9.47 Å². The lowest BCUT2D eigenvalue weighted by molar-refractivity contribution is 0.00392. The van der Waals surface area contributed by atoms with Crippen LogP contribution in [0, 0.1) is 0 Å². The van der Waals surface area contributed by atoms with Crippen molar-refractivity contribution in [3.8, 4) is 0 Å². The molecule has 124 valence electrons. The summed E-state index contributed by atoms with van der Waals surface area (Å²) in [4.78, 5) is 2.73. The number of nitrogens with zero attached hydrogens (tertiary/aromatic N) is 1. The molecule has 21 heavy (non-hydrogen) atoms. The molecular weight excluding hydrogens is 264 g/mol. The van der Waals surface area contributed by atoms with Crippen molar-refractivity contribution in [3.63, 3.8) is 0 Å². The predicted octanol–water partition coefficient (Wildman–Crippen LogP) is 2.43. The monoisotopic (exact) mass is 298 g/mol. The molecule has 0 radical (unpaired) electrons. The summed E-state index contributed by atoms with van der Waals surface area (Å²) in [6, 6.07) is 0. The molecule has 2 fully saturated rings. The molecule has 0 aromatic heterocycles. The van der Waals surface area contributed by atoms with Crippen molar-refractivity contribution in [1.29, 1.82) is 0 Å². The molecule has 1 N–H and O–H groups in total. The van der Waals surface area contributed by atoms with Crippen molar-refractivity contribution < 1.29 is 9.47 Å². The van der Waals surface area contributed by atoms with Gasteiger partial charge in [-0.1, -0.05) is 19.8 Å². The Labute approximate surface area is 130 Å². The first kappa shape index (κ1) is 17.2. The lowest BCUT2D eigenvalue weighted by atomic mass is 9.85. The number of nitrogens with one attached hydrogen (secondary N) is 1. The van der Waals surface area contributed by atoms with E-state index in [1.165, 1.54) is 38.6 Å². The normalized spacial score (nSPS) is 29.3. The van der Waals surface area contributed by atoms with E-state index >= 15 is 0 Å². The molecule has 1 aliphatic heterocycles. The summed E-state index contributed by atoms with van der Waals surface area (Å²) in [7, 11) is 1.72. The fourth-order valence-corrected chi connectivity index (χ4v) is 3.79. The molecule has 2 aliphatic rings. The molecule has 4 nitrogen and oxygen atoms in total. The number of methoxy groups -OCH3 is 1. The minimum absolute atomic E-state index is 0.306. The maximum absolute atomic E-state index is 5.62. The van der Waals surface area contributed by atoms with Crippen LogP contribution in [-0.2, 0) is 9.47 Å². The SMILES string of the molecule is CCC1(C)CNC2(CCCC2)CN1CCCOCCOC. The summed E-state index contributed by atoms with van der Waals surface area (Å²) in [5, 5.41) is 3.89. The van der Waals surface area contributed by atoms with Crippen LogP contribution in [0.2, 0.25) is 0 Å². The molecule has 0 aromatic carbocycles. The average Bonchev–Trinajstić information content (AvgIpc) is 2.95. The molecule has 1 heterocycles. The summed E-state index contributed by atoms with van der Waals surface area (Å²) in [6.45, 7) is 10.5. The highest BCUT2D eigenvalue weighted by atomic mass is 16.5. The first-order valence-electron chi connectivity index (χ1n) is 8.71. The third kappa shape index (κ3) is 4.41. The molecular formula is C17H34N2O2. The molecule has 0 bridgehead atoms. The van der Waals surface area contributed by atoms with E-state index in [0.29, 0.717) is 24.3 Å². The van der Waals surface area contributed by atoms with Gasteiger partial charge in [0.1, 0.15) is 0 Å². The molecule has 1 atom stereocenters. The van der Waals surface area contributed by atoms with Gasteiger partial charge in [0.25, 0.3) is 0 Å². The first-order valence-corrected chi connectivity index (χ1v) is 8.71. The second-order valence-electron chi connectivity index (χ2n) is 7.07. The largest absolute Gasteiger partial charge is 0.382 e. The number of hydrogen-bond acceptors (Lipinski definition) is 4. The standard InChI is InChI=1S/C17H34N2O2/c1-4-16(2)14-18-17(8-5-6-9-17)15-19(16)10-7-11-21-13-12-20-3/h18H,4-15H2,1-3H3. The number of ether oxygens (including phenoxy) is 2. The van der Waals surface area contributed by atoms with Gasteiger partial charge in [-0.2, -0.15) is 0 Å². The number of rotatable bonds is 8. The van der Waals surface area contributed by atoms with Crippen molar-refractivity contribution in [1.82, 2.24) is 10.2 Å². The van der Waals surface area contributed by atoms with Gasteiger partial charge in [0.2, 0.25) is 0 Å². The van der Waals surface area contributed by atoms with Crippen LogP contribution in [0.4, 0.5) is 0 Å². The van der Waals surface area contributed by atoms with Gasteiger partial charge < -0.3 is 14.8 Å². The Hall–Kier alpha value is -0.160. The van der Waals surface area contributed by atoms with Gasteiger partial charge in [-0.3, -0.25) is 4.90 Å². The van der Waals surface area contributed by atoms with E-state index in [1.54, 1.807) is 7.11 Å². The fraction of sp³-hybridized carbons (Fsp3) is 1.00. The minimum atomic E-state index is 0.306. The van der Waals surface area contributed by atoms with Gasteiger partial charge in [0, 0.05) is 44.4 Å². The molecule has 1 saturated heterocycles. The summed E-state index contributed by atoms with van der Waals surface area (Å²) >= 11 is 0. The van der Waals surface area contributed by atoms with Crippen LogP contribution >= 0.6 is 0 Å². The van der Waals surface area contributed by atoms with Crippen molar-refractivity contribution in [2.24, 2.45) is 0 Å². The van der Waals surface area contributed by atoms with Gasteiger partial charge in [-0.05, 0) is 32.6 Å². The molecule has 1 aliphatic carbocycles. The van der Waals surface area contributed by atoms with Gasteiger partial charge >= 0.3 is 0 Å². The Balaban J connectivity index is 1.80. The minimum Gasteiger partial charge on any atom is -0.382 e. The van der Waals surface area contributed by atoms with E-state index in [2.05, 4.69) is 24.1 Å². The predicted molar refractivity (Wildman–Crippen MR) is 86.8 cm³/mol. The fourth-order valence-electron chi connectivity index (χ4n) is 3.79. The molecule has 4 heteroatoms. The van der Waals surface area contributed by atoms with Crippen molar-refractivity contribution >= 4 is 0 Å².